The van der Waals surface area contributed by atoms with Gasteiger partial charge in [0.15, 0.2) is 0 Å². The number of thioether (sulfide) groups is 1. The van der Waals surface area contributed by atoms with Crippen LogP contribution in [0.1, 0.15) is 6.42 Å². The first-order chi connectivity index (χ1) is 4.31. The molecule has 0 aliphatic rings. The van der Waals surface area contributed by atoms with Gasteiger partial charge in [0.25, 0.3) is 0 Å². The Balaban J connectivity index is 2.96. The average molecular weight is 147 g/mol. The first-order valence-electron chi connectivity index (χ1n) is 2.90. The van der Waals surface area contributed by atoms with E-state index < -0.39 is 0 Å². The van der Waals surface area contributed by atoms with Gasteiger partial charge in [-0.05, 0) is 17.6 Å². The third-order valence-corrected chi connectivity index (χ3v) is 1.67. The van der Waals surface area contributed by atoms with E-state index in [0.29, 0.717) is 0 Å². The van der Waals surface area contributed by atoms with E-state index in [1.165, 1.54) is 0 Å². The molecule has 0 saturated heterocycles. The van der Waals surface area contributed by atoms with Gasteiger partial charge in [0, 0.05) is 6.04 Å². The number of hydrogen-bond donors (Lipinski definition) is 2. The molecule has 0 bridgehead atoms. The minimum Gasteiger partial charge on any atom is -0.395 e. The van der Waals surface area contributed by atoms with Crippen LogP contribution in [0, 0.1) is 0 Å². The Kier molecular flexibility index (Phi) is 6.14. The molecule has 1 atom stereocenters. The van der Waals surface area contributed by atoms with Crippen molar-refractivity contribution < 1.29 is 5.11 Å². The molecule has 0 rings (SSSR count). The second-order valence-electron chi connectivity index (χ2n) is 1.77. The van der Waals surface area contributed by atoms with E-state index in [1.807, 2.05) is 0 Å². The summed E-state index contributed by atoms with van der Waals surface area (Å²) in [6.07, 6.45) is 0.854. The lowest BCUT2D eigenvalue weighted by atomic mass is 10.3. The Morgan fingerprint density at radius 3 is 2.89 bits per heavy atom. The molecule has 54 valence electrons. The lowest BCUT2D eigenvalue weighted by Crippen LogP contribution is -2.24. The largest absolute Gasteiger partial charge is 0.395 e. The Morgan fingerprint density at radius 1 is 1.78 bits per heavy atom. The molecule has 0 radical (unpaired) electrons. The topological polar surface area (TPSA) is 46.2 Å². The second-order valence-corrected chi connectivity index (χ2v) is 2.84. The summed E-state index contributed by atoms with van der Waals surface area (Å²) in [6.45, 7) is 3.62. The van der Waals surface area contributed by atoms with Crippen molar-refractivity contribution in [2.75, 3.05) is 12.4 Å². The van der Waals surface area contributed by atoms with E-state index in [-0.39, 0.29) is 12.6 Å². The van der Waals surface area contributed by atoms with Gasteiger partial charge in [-0.1, -0.05) is 6.58 Å². The van der Waals surface area contributed by atoms with Crippen molar-refractivity contribution in [1.82, 2.24) is 0 Å². The molecule has 0 heterocycles. The zero-order valence-electron chi connectivity index (χ0n) is 5.42. The van der Waals surface area contributed by atoms with Crippen LogP contribution in [0.2, 0.25) is 0 Å². The van der Waals surface area contributed by atoms with Gasteiger partial charge < -0.3 is 10.8 Å². The number of rotatable bonds is 5. The van der Waals surface area contributed by atoms with E-state index in [1.54, 1.807) is 17.2 Å². The zero-order valence-corrected chi connectivity index (χ0v) is 6.23. The average Bonchev–Trinajstić information content (AvgIpc) is 1.89. The van der Waals surface area contributed by atoms with Crippen LogP contribution >= 0.6 is 11.8 Å². The molecule has 0 aromatic carbocycles. The number of aliphatic hydroxyl groups is 1. The smallest absolute Gasteiger partial charge is 0.0582 e. The van der Waals surface area contributed by atoms with Crippen LogP contribution in [-0.4, -0.2) is 23.5 Å². The second kappa shape index (κ2) is 6.13. The highest BCUT2D eigenvalue weighted by atomic mass is 32.2. The summed E-state index contributed by atoms with van der Waals surface area (Å²) in [5.74, 6) is 0.950. The fourth-order valence-electron chi connectivity index (χ4n) is 0.394. The molecule has 0 amide bonds. The monoisotopic (exact) mass is 147 g/mol. The lowest BCUT2D eigenvalue weighted by Gasteiger charge is -2.04. The van der Waals surface area contributed by atoms with Gasteiger partial charge in [0.05, 0.1) is 6.61 Å². The molecule has 0 saturated carbocycles. The maximum Gasteiger partial charge on any atom is 0.0582 e. The van der Waals surface area contributed by atoms with Crippen molar-refractivity contribution in [2.24, 2.45) is 5.73 Å². The van der Waals surface area contributed by atoms with Gasteiger partial charge in [-0.3, -0.25) is 0 Å². The summed E-state index contributed by atoms with van der Waals surface area (Å²) >= 11 is 1.62. The van der Waals surface area contributed by atoms with E-state index in [4.69, 9.17) is 10.8 Å². The van der Waals surface area contributed by atoms with Crippen LogP contribution in [0.25, 0.3) is 0 Å². The molecule has 3 heteroatoms. The van der Waals surface area contributed by atoms with Crippen LogP contribution in [0.3, 0.4) is 0 Å². The standard InChI is InChI=1S/C6H13NOS/c1-2-9-4-3-6(7)5-8/h2,6,8H,1,3-5,7H2. The fraction of sp³-hybridized carbons (Fsp3) is 0.667. The first kappa shape index (κ1) is 9.01. The maximum absolute atomic E-state index is 8.47. The van der Waals surface area contributed by atoms with Gasteiger partial charge in [0.2, 0.25) is 0 Å². The molecule has 1 unspecified atom stereocenters. The van der Waals surface area contributed by atoms with Crippen molar-refractivity contribution in [3.05, 3.63) is 12.0 Å². The Labute approximate surface area is 60.1 Å². The molecule has 0 aromatic heterocycles. The van der Waals surface area contributed by atoms with Crippen LogP contribution in [0.15, 0.2) is 12.0 Å². The maximum atomic E-state index is 8.47. The summed E-state index contributed by atoms with van der Waals surface area (Å²) < 4.78 is 0. The van der Waals surface area contributed by atoms with Crippen LogP contribution in [-0.2, 0) is 0 Å². The van der Waals surface area contributed by atoms with Crippen molar-refractivity contribution in [3.63, 3.8) is 0 Å². The molecule has 0 aliphatic heterocycles. The summed E-state index contributed by atoms with van der Waals surface area (Å²) in [7, 11) is 0. The first-order valence-corrected chi connectivity index (χ1v) is 3.95. The summed E-state index contributed by atoms with van der Waals surface area (Å²) in [6, 6.07) is -0.0579. The molecule has 2 nitrogen and oxygen atoms in total. The van der Waals surface area contributed by atoms with E-state index in [2.05, 4.69) is 6.58 Å². The van der Waals surface area contributed by atoms with Crippen LogP contribution in [0.4, 0.5) is 0 Å². The van der Waals surface area contributed by atoms with Crippen molar-refractivity contribution in [1.29, 1.82) is 0 Å². The fourth-order valence-corrected chi connectivity index (χ4v) is 1.000. The van der Waals surface area contributed by atoms with Gasteiger partial charge >= 0.3 is 0 Å². The van der Waals surface area contributed by atoms with E-state index in [9.17, 15) is 0 Å². The highest BCUT2D eigenvalue weighted by Gasteiger charge is 1.96. The highest BCUT2D eigenvalue weighted by Crippen LogP contribution is 2.02. The molecule has 0 aliphatic carbocycles. The van der Waals surface area contributed by atoms with Gasteiger partial charge in [-0.25, -0.2) is 0 Å². The minimum absolute atomic E-state index is 0.0579. The molecule has 0 fully saturated rings. The van der Waals surface area contributed by atoms with Crippen molar-refractivity contribution in [3.8, 4) is 0 Å². The molecule has 9 heavy (non-hydrogen) atoms. The van der Waals surface area contributed by atoms with Gasteiger partial charge in [0.1, 0.15) is 0 Å². The summed E-state index contributed by atoms with van der Waals surface area (Å²) in [5, 5.41) is 10.3. The molecule has 0 spiro atoms. The van der Waals surface area contributed by atoms with Crippen molar-refractivity contribution in [2.45, 2.75) is 12.5 Å². The predicted octanol–water partition coefficient (Wildman–Crippen LogP) is 0.573. The Hall–Kier alpha value is 0.01000. The SMILES string of the molecule is C=CSCCC(N)CO. The summed E-state index contributed by atoms with van der Waals surface area (Å²) in [4.78, 5) is 0. The van der Waals surface area contributed by atoms with Gasteiger partial charge in [-0.15, -0.1) is 11.8 Å². The highest BCUT2D eigenvalue weighted by molar-refractivity contribution is 8.02. The van der Waals surface area contributed by atoms with Crippen molar-refractivity contribution >= 4 is 11.8 Å². The third-order valence-electron chi connectivity index (χ3n) is 0.959. The Bertz CT molecular complexity index is 77.5. The number of nitrogens with two attached hydrogens (primary N) is 1. The Morgan fingerprint density at radius 2 is 2.44 bits per heavy atom. The molecular weight excluding hydrogens is 134 g/mol. The third kappa shape index (κ3) is 5.89. The van der Waals surface area contributed by atoms with Crippen LogP contribution in [0.5, 0.6) is 0 Å². The number of hydrogen-bond acceptors (Lipinski definition) is 3. The molecular formula is C6H13NOS. The van der Waals surface area contributed by atoms with E-state index >= 15 is 0 Å². The number of aliphatic hydroxyl groups excluding tert-OH is 1. The quantitative estimate of drug-likeness (QED) is 0.559. The van der Waals surface area contributed by atoms with Crippen LogP contribution < -0.4 is 5.73 Å². The minimum atomic E-state index is -0.0579. The zero-order chi connectivity index (χ0) is 7.11. The van der Waals surface area contributed by atoms with Gasteiger partial charge in [-0.2, -0.15) is 0 Å². The predicted molar refractivity (Wildman–Crippen MR) is 42.3 cm³/mol. The summed E-state index contributed by atoms with van der Waals surface area (Å²) in [5.41, 5.74) is 5.42. The lowest BCUT2D eigenvalue weighted by molar-refractivity contribution is 0.264. The molecule has 3 N–H and O–H groups in total. The molecule has 0 aromatic rings. The van der Waals surface area contributed by atoms with E-state index in [0.717, 1.165) is 12.2 Å². The normalized spacial score (nSPS) is 13.1.